The van der Waals surface area contributed by atoms with Crippen molar-refractivity contribution in [1.29, 1.82) is 5.26 Å². The molecular weight excluding hydrogens is 201 g/mol. The van der Waals surface area contributed by atoms with E-state index in [-0.39, 0.29) is 16.0 Å². The quantitative estimate of drug-likeness (QED) is 0.643. The number of halogens is 2. The van der Waals surface area contributed by atoms with Crippen molar-refractivity contribution in [1.82, 2.24) is 0 Å². The van der Waals surface area contributed by atoms with Gasteiger partial charge in [0.15, 0.2) is 0 Å². The normalized spacial score (nSPS) is 11.1. The number of nitriles is 1. The maximum atomic E-state index is 13.7. The second-order valence-electron chi connectivity index (χ2n) is 4.15. The molecule has 0 spiro atoms. The summed E-state index contributed by atoms with van der Waals surface area (Å²) in [7, 11) is 0. The molecule has 0 N–H and O–H groups in total. The molecule has 0 aliphatic carbocycles. The summed E-state index contributed by atoms with van der Waals surface area (Å²) in [6.45, 7) is 5.69. The Bertz CT molecular complexity index is 399. The Morgan fingerprint density at radius 1 is 1.36 bits per heavy atom. The van der Waals surface area contributed by atoms with Gasteiger partial charge in [-0.05, 0) is 17.0 Å². The van der Waals surface area contributed by atoms with E-state index in [9.17, 15) is 4.39 Å². The van der Waals surface area contributed by atoms with Crippen molar-refractivity contribution in [3.63, 3.8) is 0 Å². The smallest absolute Gasteiger partial charge is 0.146 e. The third kappa shape index (κ3) is 1.88. The molecule has 0 radical (unpaired) electrons. The van der Waals surface area contributed by atoms with Crippen LogP contribution in [0.1, 0.15) is 31.9 Å². The van der Waals surface area contributed by atoms with Gasteiger partial charge >= 0.3 is 0 Å². The maximum absolute atomic E-state index is 13.7. The fraction of sp³-hybridized carbons (Fsp3) is 0.364. The molecule has 0 fully saturated rings. The molecular formula is C11H11ClFN. The van der Waals surface area contributed by atoms with Crippen LogP contribution in [-0.2, 0) is 5.41 Å². The minimum atomic E-state index is -0.488. The number of rotatable bonds is 0. The van der Waals surface area contributed by atoms with Gasteiger partial charge in [-0.2, -0.15) is 5.26 Å². The highest BCUT2D eigenvalue weighted by atomic mass is 35.5. The van der Waals surface area contributed by atoms with E-state index >= 15 is 0 Å². The Labute approximate surface area is 88.1 Å². The Balaban J connectivity index is 3.41. The first-order valence-electron chi connectivity index (χ1n) is 4.26. The summed E-state index contributed by atoms with van der Waals surface area (Å²) in [5, 5.41) is 8.55. The number of hydrogen-bond donors (Lipinski definition) is 0. The van der Waals surface area contributed by atoms with Crippen LogP contribution in [0.3, 0.4) is 0 Å². The summed E-state index contributed by atoms with van der Waals surface area (Å²) in [6.07, 6.45) is 0. The summed E-state index contributed by atoms with van der Waals surface area (Å²) in [5.41, 5.74) is 0.403. The van der Waals surface area contributed by atoms with E-state index in [0.29, 0.717) is 5.56 Å². The van der Waals surface area contributed by atoms with Crippen molar-refractivity contribution in [2.24, 2.45) is 0 Å². The predicted octanol–water partition coefficient (Wildman–Crippen LogP) is 3.65. The third-order valence-corrected chi connectivity index (χ3v) is 2.38. The molecule has 0 heterocycles. The Hall–Kier alpha value is -1.07. The summed E-state index contributed by atoms with van der Waals surface area (Å²) >= 11 is 5.71. The molecule has 0 saturated carbocycles. The van der Waals surface area contributed by atoms with E-state index in [2.05, 4.69) is 0 Å². The van der Waals surface area contributed by atoms with Crippen molar-refractivity contribution in [3.05, 3.63) is 34.1 Å². The van der Waals surface area contributed by atoms with Crippen LogP contribution in [0.2, 0.25) is 5.02 Å². The van der Waals surface area contributed by atoms with Crippen molar-refractivity contribution in [2.45, 2.75) is 26.2 Å². The lowest BCUT2D eigenvalue weighted by atomic mass is 9.86. The van der Waals surface area contributed by atoms with Crippen LogP contribution in [0, 0.1) is 17.1 Å². The number of hydrogen-bond acceptors (Lipinski definition) is 1. The Kier molecular flexibility index (Phi) is 2.82. The zero-order valence-corrected chi connectivity index (χ0v) is 9.11. The minimum Gasteiger partial charge on any atom is -0.205 e. The van der Waals surface area contributed by atoms with Crippen molar-refractivity contribution in [2.75, 3.05) is 0 Å². The highest BCUT2D eigenvalue weighted by Crippen LogP contribution is 2.30. The topological polar surface area (TPSA) is 23.8 Å². The zero-order valence-electron chi connectivity index (χ0n) is 8.36. The predicted molar refractivity (Wildman–Crippen MR) is 54.8 cm³/mol. The third-order valence-electron chi connectivity index (χ3n) is 2.01. The van der Waals surface area contributed by atoms with E-state index in [1.165, 1.54) is 0 Å². The van der Waals surface area contributed by atoms with Gasteiger partial charge in [0.25, 0.3) is 0 Å². The highest BCUT2D eigenvalue weighted by Gasteiger charge is 2.21. The van der Waals surface area contributed by atoms with Gasteiger partial charge < -0.3 is 0 Å². The van der Waals surface area contributed by atoms with Crippen LogP contribution < -0.4 is 0 Å². The molecule has 1 nitrogen and oxygen atoms in total. The first-order chi connectivity index (χ1) is 6.38. The van der Waals surface area contributed by atoms with Crippen LogP contribution >= 0.6 is 11.6 Å². The van der Waals surface area contributed by atoms with Gasteiger partial charge in [-0.15, -0.1) is 0 Å². The lowest BCUT2D eigenvalue weighted by Gasteiger charge is -2.20. The molecule has 14 heavy (non-hydrogen) atoms. The second kappa shape index (κ2) is 3.59. The van der Waals surface area contributed by atoms with E-state index in [1.807, 2.05) is 26.8 Å². The van der Waals surface area contributed by atoms with Crippen LogP contribution in [0.15, 0.2) is 12.1 Å². The molecule has 0 atom stereocenters. The molecule has 0 aromatic heterocycles. The minimum absolute atomic E-state index is 0.0834. The standard InChI is InChI=1S/C11H11ClFN/c1-11(2,3)8-5-4-7(6-14)9(12)10(8)13/h4-5H,1-3H3. The second-order valence-corrected chi connectivity index (χ2v) is 4.53. The van der Waals surface area contributed by atoms with Gasteiger partial charge in [-0.25, -0.2) is 4.39 Å². The van der Waals surface area contributed by atoms with Crippen LogP contribution in [-0.4, -0.2) is 0 Å². The average Bonchev–Trinajstić information content (AvgIpc) is 2.07. The highest BCUT2D eigenvalue weighted by molar-refractivity contribution is 6.31. The lowest BCUT2D eigenvalue weighted by Crippen LogP contribution is -2.14. The van der Waals surface area contributed by atoms with Crippen molar-refractivity contribution < 1.29 is 4.39 Å². The van der Waals surface area contributed by atoms with E-state index in [1.54, 1.807) is 12.1 Å². The van der Waals surface area contributed by atoms with Gasteiger partial charge in [0.2, 0.25) is 0 Å². The summed E-state index contributed by atoms with van der Waals surface area (Å²) in [6, 6.07) is 5.00. The summed E-state index contributed by atoms with van der Waals surface area (Å²) in [5.74, 6) is -0.488. The van der Waals surface area contributed by atoms with Crippen LogP contribution in [0.25, 0.3) is 0 Å². The molecule has 74 valence electrons. The molecule has 0 aliphatic heterocycles. The zero-order chi connectivity index (χ0) is 10.9. The fourth-order valence-electron chi connectivity index (χ4n) is 1.22. The SMILES string of the molecule is CC(C)(C)c1ccc(C#N)c(Cl)c1F. The first-order valence-corrected chi connectivity index (χ1v) is 4.64. The van der Waals surface area contributed by atoms with E-state index < -0.39 is 5.82 Å². The molecule has 0 aliphatic rings. The molecule has 0 unspecified atom stereocenters. The lowest BCUT2D eigenvalue weighted by molar-refractivity contribution is 0.523. The number of nitrogens with zero attached hydrogens (tertiary/aromatic N) is 1. The summed E-state index contributed by atoms with van der Waals surface area (Å²) in [4.78, 5) is 0. The molecule has 1 aromatic rings. The van der Waals surface area contributed by atoms with Gasteiger partial charge in [-0.1, -0.05) is 38.4 Å². The van der Waals surface area contributed by atoms with E-state index in [4.69, 9.17) is 16.9 Å². The van der Waals surface area contributed by atoms with Crippen molar-refractivity contribution >= 4 is 11.6 Å². The number of benzene rings is 1. The van der Waals surface area contributed by atoms with Gasteiger partial charge in [0, 0.05) is 0 Å². The largest absolute Gasteiger partial charge is 0.205 e. The molecule has 1 aromatic carbocycles. The van der Waals surface area contributed by atoms with Crippen molar-refractivity contribution in [3.8, 4) is 6.07 Å². The first kappa shape index (κ1) is 11.0. The molecule has 3 heteroatoms. The maximum Gasteiger partial charge on any atom is 0.146 e. The van der Waals surface area contributed by atoms with Gasteiger partial charge in [0.05, 0.1) is 10.6 Å². The van der Waals surface area contributed by atoms with Gasteiger partial charge in [0.1, 0.15) is 11.9 Å². The van der Waals surface area contributed by atoms with Gasteiger partial charge in [-0.3, -0.25) is 0 Å². The molecule has 0 bridgehead atoms. The Morgan fingerprint density at radius 3 is 2.36 bits per heavy atom. The fourth-order valence-corrected chi connectivity index (χ4v) is 1.42. The molecule has 0 saturated heterocycles. The van der Waals surface area contributed by atoms with Crippen LogP contribution in [0.5, 0.6) is 0 Å². The summed E-state index contributed by atoms with van der Waals surface area (Å²) < 4.78 is 13.7. The molecule has 0 amide bonds. The average molecular weight is 212 g/mol. The van der Waals surface area contributed by atoms with E-state index in [0.717, 1.165) is 0 Å². The monoisotopic (exact) mass is 211 g/mol. The Morgan fingerprint density at radius 2 is 1.93 bits per heavy atom. The van der Waals surface area contributed by atoms with Crippen LogP contribution in [0.4, 0.5) is 4.39 Å². The molecule has 1 rings (SSSR count).